The molecule has 2 fully saturated rings. The van der Waals surface area contributed by atoms with Gasteiger partial charge in [-0.25, -0.2) is 8.42 Å². The summed E-state index contributed by atoms with van der Waals surface area (Å²) in [6.07, 6.45) is 3.32. The maximum Gasteiger partial charge on any atom is 0.151 e. The Bertz CT molecular complexity index is 291. The van der Waals surface area contributed by atoms with Gasteiger partial charge in [-0.15, -0.1) is 0 Å². The molecule has 0 bridgehead atoms. The number of nitrogens with zero attached hydrogens (tertiary/aromatic N) is 1. The molecule has 0 radical (unpaired) electrons. The maximum atomic E-state index is 11.3. The molecule has 1 atom stereocenters. The zero-order chi connectivity index (χ0) is 10.2. The third kappa shape index (κ3) is 2.28. The van der Waals surface area contributed by atoms with Crippen molar-refractivity contribution in [3.05, 3.63) is 0 Å². The molecule has 0 aliphatic carbocycles. The van der Waals surface area contributed by atoms with Gasteiger partial charge in [0.1, 0.15) is 0 Å². The van der Waals surface area contributed by atoms with E-state index in [-0.39, 0.29) is 0 Å². The molecule has 2 rings (SSSR count). The minimum Gasteiger partial charge on any atom is -0.299 e. The molecule has 0 aromatic heterocycles. The first-order chi connectivity index (χ1) is 6.57. The summed E-state index contributed by atoms with van der Waals surface area (Å²) in [5.41, 5.74) is 0. The van der Waals surface area contributed by atoms with E-state index >= 15 is 0 Å². The quantitative estimate of drug-likeness (QED) is 0.655. The minimum atomic E-state index is -2.70. The Labute approximate surface area is 86.4 Å². The lowest BCUT2D eigenvalue weighted by molar-refractivity contribution is 0.149. The summed E-state index contributed by atoms with van der Waals surface area (Å²) < 4.78 is 22.6. The van der Waals surface area contributed by atoms with Crippen LogP contribution in [0.3, 0.4) is 0 Å². The summed E-state index contributed by atoms with van der Waals surface area (Å²) in [5, 5.41) is 0. The van der Waals surface area contributed by atoms with Crippen LogP contribution in [0, 0.1) is 5.92 Å². The van der Waals surface area contributed by atoms with Crippen molar-refractivity contribution in [2.75, 3.05) is 24.6 Å². The molecule has 3 nitrogen and oxygen atoms in total. The van der Waals surface area contributed by atoms with Crippen molar-refractivity contribution >= 4 is 9.84 Å². The second kappa shape index (κ2) is 3.81. The van der Waals surface area contributed by atoms with Gasteiger partial charge in [-0.2, -0.15) is 0 Å². The van der Waals surface area contributed by atoms with Crippen LogP contribution in [-0.2, 0) is 9.84 Å². The van der Waals surface area contributed by atoms with Gasteiger partial charge in [0.05, 0.1) is 11.5 Å². The van der Waals surface area contributed by atoms with E-state index in [1.807, 2.05) is 0 Å². The summed E-state index contributed by atoms with van der Waals surface area (Å²) in [4.78, 5) is 2.38. The Morgan fingerprint density at radius 3 is 2.29 bits per heavy atom. The van der Waals surface area contributed by atoms with Crippen LogP contribution in [0.15, 0.2) is 0 Å². The highest BCUT2D eigenvalue weighted by molar-refractivity contribution is 7.91. The summed E-state index contributed by atoms with van der Waals surface area (Å²) in [7, 11) is -2.70. The van der Waals surface area contributed by atoms with E-state index < -0.39 is 9.84 Å². The third-order valence-corrected chi connectivity index (χ3v) is 5.29. The van der Waals surface area contributed by atoms with Gasteiger partial charge in [-0.3, -0.25) is 4.90 Å². The fraction of sp³-hybridized carbons (Fsp3) is 1.00. The molecule has 2 saturated heterocycles. The molecule has 0 N–H and O–H groups in total. The number of hydrogen-bond acceptors (Lipinski definition) is 3. The summed E-state index contributed by atoms with van der Waals surface area (Å²) >= 11 is 0. The Morgan fingerprint density at radius 2 is 1.79 bits per heavy atom. The van der Waals surface area contributed by atoms with E-state index in [1.165, 1.54) is 12.8 Å². The molecule has 0 aromatic carbocycles. The van der Waals surface area contributed by atoms with Crippen molar-refractivity contribution in [1.29, 1.82) is 0 Å². The number of likely N-dealkylation sites (tertiary alicyclic amines) is 1. The number of sulfone groups is 1. The van der Waals surface area contributed by atoms with Crippen LogP contribution in [-0.4, -0.2) is 44.0 Å². The van der Waals surface area contributed by atoms with Crippen molar-refractivity contribution in [1.82, 2.24) is 4.90 Å². The van der Waals surface area contributed by atoms with Crippen LogP contribution < -0.4 is 0 Å². The molecule has 0 aromatic rings. The summed E-state index contributed by atoms with van der Waals surface area (Å²) in [5.74, 6) is 1.63. The maximum absolute atomic E-state index is 11.3. The van der Waals surface area contributed by atoms with Gasteiger partial charge < -0.3 is 0 Å². The monoisotopic (exact) mass is 217 g/mol. The molecule has 0 saturated carbocycles. The SMILES string of the molecule is CC1CCN(C2CCS(=O)(=O)C2)CC1. The van der Waals surface area contributed by atoms with Crippen LogP contribution >= 0.6 is 0 Å². The summed E-state index contributed by atoms with van der Waals surface area (Å²) in [6, 6.07) is 0.326. The zero-order valence-corrected chi connectivity index (χ0v) is 9.59. The Balaban J connectivity index is 1.91. The standard InChI is InChI=1S/C10H19NO2S/c1-9-2-5-11(6-3-9)10-4-7-14(12,13)8-10/h9-10H,2-8H2,1H3. The van der Waals surface area contributed by atoms with Gasteiger partial charge >= 0.3 is 0 Å². The van der Waals surface area contributed by atoms with E-state index in [9.17, 15) is 8.42 Å². The van der Waals surface area contributed by atoms with Crippen molar-refractivity contribution in [2.24, 2.45) is 5.92 Å². The van der Waals surface area contributed by atoms with Crippen molar-refractivity contribution < 1.29 is 8.42 Å². The van der Waals surface area contributed by atoms with E-state index in [0.717, 1.165) is 25.4 Å². The van der Waals surface area contributed by atoms with Crippen LogP contribution in [0.2, 0.25) is 0 Å². The third-order valence-electron chi connectivity index (χ3n) is 3.54. The van der Waals surface area contributed by atoms with E-state index in [1.54, 1.807) is 0 Å². The van der Waals surface area contributed by atoms with Crippen LogP contribution in [0.4, 0.5) is 0 Å². The van der Waals surface area contributed by atoms with Crippen molar-refractivity contribution in [3.63, 3.8) is 0 Å². The predicted molar refractivity (Wildman–Crippen MR) is 57.0 cm³/mol. The van der Waals surface area contributed by atoms with Gasteiger partial charge in [0, 0.05) is 6.04 Å². The molecule has 2 heterocycles. The van der Waals surface area contributed by atoms with Crippen molar-refractivity contribution in [2.45, 2.75) is 32.2 Å². The number of piperidine rings is 1. The normalized spacial score (nSPS) is 34.8. The molecule has 1 unspecified atom stereocenters. The first kappa shape index (κ1) is 10.4. The van der Waals surface area contributed by atoms with Crippen LogP contribution in [0.5, 0.6) is 0 Å². The smallest absolute Gasteiger partial charge is 0.151 e. The highest BCUT2D eigenvalue weighted by Crippen LogP contribution is 2.23. The molecule has 4 heteroatoms. The molecule has 0 spiro atoms. The largest absolute Gasteiger partial charge is 0.299 e. The van der Waals surface area contributed by atoms with Gasteiger partial charge in [0.2, 0.25) is 0 Å². The molecule has 2 aliphatic rings. The molecule has 14 heavy (non-hydrogen) atoms. The highest BCUT2D eigenvalue weighted by Gasteiger charge is 2.33. The lowest BCUT2D eigenvalue weighted by atomic mass is 9.98. The van der Waals surface area contributed by atoms with Crippen LogP contribution in [0.1, 0.15) is 26.2 Å². The first-order valence-electron chi connectivity index (χ1n) is 5.51. The van der Waals surface area contributed by atoms with Crippen molar-refractivity contribution in [3.8, 4) is 0 Å². The molecule has 0 amide bonds. The molecule has 2 aliphatic heterocycles. The predicted octanol–water partition coefficient (Wildman–Crippen LogP) is 0.905. The topological polar surface area (TPSA) is 37.4 Å². The van der Waals surface area contributed by atoms with Gasteiger partial charge in [-0.1, -0.05) is 6.92 Å². The average molecular weight is 217 g/mol. The second-order valence-corrected chi connectivity index (χ2v) is 7.00. The Kier molecular flexibility index (Phi) is 2.84. The number of hydrogen-bond donors (Lipinski definition) is 0. The van der Waals surface area contributed by atoms with E-state index in [0.29, 0.717) is 17.5 Å². The lowest BCUT2D eigenvalue weighted by Gasteiger charge is -2.34. The van der Waals surface area contributed by atoms with Gasteiger partial charge in [0.15, 0.2) is 9.84 Å². The minimum absolute atomic E-state index is 0.326. The fourth-order valence-electron chi connectivity index (χ4n) is 2.46. The van der Waals surface area contributed by atoms with Crippen LogP contribution in [0.25, 0.3) is 0 Å². The molecular formula is C10H19NO2S. The van der Waals surface area contributed by atoms with E-state index in [2.05, 4.69) is 11.8 Å². The fourth-order valence-corrected chi connectivity index (χ4v) is 4.22. The molecule has 82 valence electrons. The highest BCUT2D eigenvalue weighted by atomic mass is 32.2. The summed E-state index contributed by atoms with van der Waals surface area (Å²) in [6.45, 7) is 4.48. The zero-order valence-electron chi connectivity index (χ0n) is 8.78. The second-order valence-electron chi connectivity index (χ2n) is 4.78. The first-order valence-corrected chi connectivity index (χ1v) is 7.33. The Hall–Kier alpha value is -0.0900. The molecular weight excluding hydrogens is 198 g/mol. The van der Waals surface area contributed by atoms with Gasteiger partial charge in [-0.05, 0) is 38.3 Å². The Morgan fingerprint density at radius 1 is 1.14 bits per heavy atom. The average Bonchev–Trinajstić information content (AvgIpc) is 2.47. The lowest BCUT2D eigenvalue weighted by Crippen LogP contribution is -2.41. The van der Waals surface area contributed by atoms with Gasteiger partial charge in [0.25, 0.3) is 0 Å². The van der Waals surface area contributed by atoms with E-state index in [4.69, 9.17) is 0 Å². The number of rotatable bonds is 1.